The number of rotatable bonds is 6. The maximum absolute atomic E-state index is 9.22. The van der Waals surface area contributed by atoms with Gasteiger partial charge in [-0.3, -0.25) is 0 Å². The number of aliphatic hydroxyl groups is 1. The Hall–Kier alpha value is -0.860. The molecule has 0 spiro atoms. The zero-order chi connectivity index (χ0) is 12.0. The Morgan fingerprint density at radius 1 is 1.12 bits per heavy atom. The van der Waals surface area contributed by atoms with E-state index in [1.54, 1.807) is 0 Å². The van der Waals surface area contributed by atoms with Crippen LogP contribution < -0.4 is 5.32 Å². The molecule has 0 aliphatic carbocycles. The first-order valence-corrected chi connectivity index (χ1v) is 6.04. The molecule has 0 saturated carbocycles. The van der Waals surface area contributed by atoms with Gasteiger partial charge in [0.15, 0.2) is 0 Å². The molecule has 1 aromatic carbocycles. The van der Waals surface area contributed by atoms with Crippen molar-refractivity contribution in [1.82, 2.24) is 5.32 Å². The molecule has 2 N–H and O–H groups in total. The lowest BCUT2D eigenvalue weighted by Crippen LogP contribution is -2.39. The molecule has 0 aromatic heterocycles. The van der Waals surface area contributed by atoms with Crippen LogP contribution in [0, 0.1) is 5.92 Å². The molecule has 0 aliphatic heterocycles. The van der Waals surface area contributed by atoms with Gasteiger partial charge < -0.3 is 10.4 Å². The summed E-state index contributed by atoms with van der Waals surface area (Å²) >= 11 is 0. The first-order valence-electron chi connectivity index (χ1n) is 6.04. The quantitative estimate of drug-likeness (QED) is 0.773. The van der Waals surface area contributed by atoms with Gasteiger partial charge in [0.25, 0.3) is 0 Å². The van der Waals surface area contributed by atoms with Gasteiger partial charge in [0.1, 0.15) is 0 Å². The van der Waals surface area contributed by atoms with Gasteiger partial charge in [0.05, 0.1) is 6.61 Å². The average Bonchev–Trinajstić information content (AvgIpc) is 2.30. The molecular formula is C14H23NO. The molecule has 0 saturated heterocycles. The van der Waals surface area contributed by atoms with Crippen LogP contribution in [0.15, 0.2) is 30.3 Å². The molecule has 0 fully saturated rings. The van der Waals surface area contributed by atoms with Crippen molar-refractivity contribution in [3.05, 3.63) is 35.9 Å². The Balaban J connectivity index is 2.43. The Morgan fingerprint density at radius 3 is 2.25 bits per heavy atom. The summed E-state index contributed by atoms with van der Waals surface area (Å²) in [6, 6.07) is 10.7. The summed E-state index contributed by atoms with van der Waals surface area (Å²) in [5, 5.41) is 12.6. The third-order valence-corrected chi connectivity index (χ3v) is 3.06. The minimum Gasteiger partial charge on any atom is -0.395 e. The molecule has 90 valence electrons. The van der Waals surface area contributed by atoms with E-state index in [0.29, 0.717) is 11.8 Å². The van der Waals surface area contributed by atoms with E-state index in [9.17, 15) is 5.11 Å². The van der Waals surface area contributed by atoms with Crippen molar-refractivity contribution < 1.29 is 5.11 Å². The lowest BCUT2D eigenvalue weighted by molar-refractivity contribution is 0.210. The molecule has 2 heteroatoms. The maximum Gasteiger partial charge on any atom is 0.0587 e. The van der Waals surface area contributed by atoms with E-state index in [0.717, 1.165) is 6.54 Å². The van der Waals surface area contributed by atoms with Gasteiger partial charge in [-0.2, -0.15) is 0 Å². The molecule has 0 radical (unpaired) electrons. The molecular weight excluding hydrogens is 198 g/mol. The fraction of sp³-hybridized carbons (Fsp3) is 0.571. The number of benzene rings is 1. The van der Waals surface area contributed by atoms with Crippen LogP contribution in [-0.4, -0.2) is 24.3 Å². The van der Waals surface area contributed by atoms with E-state index >= 15 is 0 Å². The molecule has 1 rings (SSSR count). The zero-order valence-electron chi connectivity index (χ0n) is 10.5. The van der Waals surface area contributed by atoms with Crippen molar-refractivity contribution in [1.29, 1.82) is 0 Å². The highest BCUT2D eigenvalue weighted by Crippen LogP contribution is 2.13. The summed E-state index contributed by atoms with van der Waals surface area (Å²) in [4.78, 5) is 0. The van der Waals surface area contributed by atoms with Crippen molar-refractivity contribution in [2.75, 3.05) is 13.2 Å². The van der Waals surface area contributed by atoms with Crippen LogP contribution >= 0.6 is 0 Å². The minimum atomic E-state index is 0.200. The molecule has 0 bridgehead atoms. The second kappa shape index (κ2) is 6.66. The van der Waals surface area contributed by atoms with Gasteiger partial charge in [-0.1, -0.05) is 51.1 Å². The molecule has 1 unspecified atom stereocenters. The summed E-state index contributed by atoms with van der Waals surface area (Å²) in [6.07, 6.45) is 0. The monoisotopic (exact) mass is 221 g/mol. The minimum absolute atomic E-state index is 0.200. The number of hydrogen-bond acceptors (Lipinski definition) is 2. The number of aliphatic hydroxyl groups excluding tert-OH is 1. The van der Waals surface area contributed by atoms with Crippen molar-refractivity contribution in [2.45, 2.75) is 32.7 Å². The van der Waals surface area contributed by atoms with E-state index in [4.69, 9.17) is 0 Å². The SMILES string of the molecule is CC(CN[C@H](CO)C(C)C)c1ccccc1. The van der Waals surface area contributed by atoms with Crippen LogP contribution in [0.2, 0.25) is 0 Å². The highest BCUT2D eigenvalue weighted by Gasteiger charge is 2.13. The molecule has 0 aliphatic rings. The lowest BCUT2D eigenvalue weighted by Gasteiger charge is -2.22. The van der Waals surface area contributed by atoms with Crippen LogP contribution in [0.4, 0.5) is 0 Å². The van der Waals surface area contributed by atoms with Crippen molar-refractivity contribution in [3.8, 4) is 0 Å². The van der Waals surface area contributed by atoms with Crippen LogP contribution in [0.25, 0.3) is 0 Å². The van der Waals surface area contributed by atoms with E-state index in [2.05, 4.69) is 50.4 Å². The van der Waals surface area contributed by atoms with Gasteiger partial charge in [-0.05, 0) is 17.4 Å². The van der Waals surface area contributed by atoms with Crippen molar-refractivity contribution >= 4 is 0 Å². The predicted molar refractivity (Wildman–Crippen MR) is 68.6 cm³/mol. The highest BCUT2D eigenvalue weighted by atomic mass is 16.3. The Kier molecular flexibility index (Phi) is 5.50. The first kappa shape index (κ1) is 13.2. The second-order valence-corrected chi connectivity index (χ2v) is 4.75. The maximum atomic E-state index is 9.22. The summed E-state index contributed by atoms with van der Waals surface area (Å²) in [6.45, 7) is 7.58. The van der Waals surface area contributed by atoms with Crippen molar-refractivity contribution in [3.63, 3.8) is 0 Å². The van der Waals surface area contributed by atoms with Crippen LogP contribution in [0.5, 0.6) is 0 Å². The third kappa shape index (κ3) is 3.95. The molecule has 2 nitrogen and oxygen atoms in total. The van der Waals surface area contributed by atoms with Gasteiger partial charge in [-0.25, -0.2) is 0 Å². The standard InChI is InChI=1S/C14H23NO/c1-11(2)14(10-16)15-9-12(3)13-7-5-4-6-8-13/h4-8,11-12,14-16H,9-10H2,1-3H3/t12?,14-/m1/s1. The highest BCUT2D eigenvalue weighted by molar-refractivity contribution is 5.18. The topological polar surface area (TPSA) is 32.3 Å². The molecule has 0 heterocycles. The Morgan fingerprint density at radius 2 is 1.75 bits per heavy atom. The zero-order valence-corrected chi connectivity index (χ0v) is 10.5. The van der Waals surface area contributed by atoms with Crippen molar-refractivity contribution in [2.24, 2.45) is 5.92 Å². The second-order valence-electron chi connectivity index (χ2n) is 4.75. The number of nitrogens with one attached hydrogen (secondary N) is 1. The van der Waals surface area contributed by atoms with Crippen LogP contribution in [-0.2, 0) is 0 Å². The number of hydrogen-bond donors (Lipinski definition) is 2. The Labute approximate surface area is 98.7 Å². The van der Waals surface area contributed by atoms with Gasteiger partial charge >= 0.3 is 0 Å². The fourth-order valence-corrected chi connectivity index (χ4v) is 1.74. The fourth-order valence-electron chi connectivity index (χ4n) is 1.74. The van der Waals surface area contributed by atoms with Gasteiger partial charge in [-0.15, -0.1) is 0 Å². The average molecular weight is 221 g/mol. The van der Waals surface area contributed by atoms with E-state index in [1.165, 1.54) is 5.56 Å². The Bertz CT molecular complexity index is 284. The summed E-state index contributed by atoms with van der Waals surface area (Å²) in [5.74, 6) is 0.946. The largest absolute Gasteiger partial charge is 0.395 e. The normalized spacial score (nSPS) is 15.1. The van der Waals surface area contributed by atoms with Crippen LogP contribution in [0.1, 0.15) is 32.3 Å². The predicted octanol–water partition coefficient (Wildman–Crippen LogP) is 2.40. The third-order valence-electron chi connectivity index (χ3n) is 3.06. The molecule has 0 amide bonds. The van der Waals surface area contributed by atoms with Crippen LogP contribution in [0.3, 0.4) is 0 Å². The first-order chi connectivity index (χ1) is 7.65. The lowest BCUT2D eigenvalue weighted by atomic mass is 9.99. The van der Waals surface area contributed by atoms with E-state index in [1.807, 2.05) is 6.07 Å². The van der Waals surface area contributed by atoms with Gasteiger partial charge in [0.2, 0.25) is 0 Å². The molecule has 1 aromatic rings. The van der Waals surface area contributed by atoms with E-state index < -0.39 is 0 Å². The summed E-state index contributed by atoms with van der Waals surface area (Å²) in [7, 11) is 0. The van der Waals surface area contributed by atoms with E-state index in [-0.39, 0.29) is 12.6 Å². The van der Waals surface area contributed by atoms with Gasteiger partial charge in [0, 0.05) is 12.6 Å². The molecule has 16 heavy (non-hydrogen) atoms. The summed E-state index contributed by atoms with van der Waals surface area (Å²) in [5.41, 5.74) is 1.34. The molecule has 2 atom stereocenters. The smallest absolute Gasteiger partial charge is 0.0587 e. The summed E-state index contributed by atoms with van der Waals surface area (Å²) < 4.78 is 0.